The zero-order chi connectivity index (χ0) is 12.3. The van der Waals surface area contributed by atoms with Crippen molar-refractivity contribution in [3.05, 3.63) is 36.4 Å². The molecule has 1 N–H and O–H groups in total. The third kappa shape index (κ3) is 2.87. The van der Waals surface area contributed by atoms with Crippen LogP contribution in [-0.2, 0) is 7.05 Å². The molecule has 0 radical (unpaired) electrons. The van der Waals surface area contributed by atoms with Crippen molar-refractivity contribution in [2.75, 3.05) is 7.05 Å². The van der Waals surface area contributed by atoms with Gasteiger partial charge in [-0.05, 0) is 26.1 Å². The van der Waals surface area contributed by atoms with E-state index >= 15 is 0 Å². The van der Waals surface area contributed by atoms with Gasteiger partial charge in [0.15, 0.2) is 5.16 Å². The Morgan fingerprint density at radius 2 is 2.18 bits per heavy atom. The summed E-state index contributed by atoms with van der Waals surface area (Å²) in [7, 11) is 3.92. The highest BCUT2D eigenvalue weighted by Crippen LogP contribution is 2.25. The largest absolute Gasteiger partial charge is 0.329 e. The van der Waals surface area contributed by atoms with Crippen LogP contribution in [0.4, 0.5) is 0 Å². The number of hydrogen-bond acceptors (Lipinski definition) is 4. The van der Waals surface area contributed by atoms with Gasteiger partial charge in [0, 0.05) is 36.6 Å². The number of hydrogen-bond donors (Lipinski definition) is 1. The Morgan fingerprint density at radius 3 is 2.71 bits per heavy atom. The molecule has 2 aromatic rings. The lowest BCUT2D eigenvalue weighted by molar-refractivity contribution is 0.631. The van der Waals surface area contributed by atoms with Crippen molar-refractivity contribution in [2.24, 2.45) is 7.05 Å². The highest BCUT2D eigenvalue weighted by molar-refractivity contribution is 7.99. The SMILES string of the molecule is CNC(C)c1ccc(Sc2nccn2C)cn1. The predicted octanol–water partition coefficient (Wildman–Crippen LogP) is 2.25. The molecule has 2 rings (SSSR count). The topological polar surface area (TPSA) is 42.7 Å². The minimum atomic E-state index is 0.280. The molecule has 0 aliphatic carbocycles. The van der Waals surface area contributed by atoms with E-state index in [4.69, 9.17) is 0 Å². The van der Waals surface area contributed by atoms with Crippen LogP contribution in [0, 0.1) is 0 Å². The van der Waals surface area contributed by atoms with Crippen LogP contribution in [0.3, 0.4) is 0 Å². The first-order chi connectivity index (χ1) is 8.20. The predicted molar refractivity (Wildman–Crippen MR) is 69.0 cm³/mol. The number of pyridine rings is 1. The van der Waals surface area contributed by atoms with Gasteiger partial charge in [0.1, 0.15) is 0 Å². The molecule has 17 heavy (non-hydrogen) atoms. The maximum atomic E-state index is 4.44. The number of aryl methyl sites for hydroxylation is 1. The van der Waals surface area contributed by atoms with Crippen LogP contribution in [0.5, 0.6) is 0 Å². The Bertz CT molecular complexity index is 478. The molecule has 0 bridgehead atoms. The molecule has 0 amide bonds. The molecular formula is C12H16N4S. The zero-order valence-electron chi connectivity index (χ0n) is 10.2. The molecule has 0 fully saturated rings. The van der Waals surface area contributed by atoms with Gasteiger partial charge >= 0.3 is 0 Å². The fourth-order valence-corrected chi connectivity index (χ4v) is 2.18. The fraction of sp³-hybridized carbons (Fsp3) is 0.333. The molecule has 90 valence electrons. The normalized spacial score (nSPS) is 12.6. The lowest BCUT2D eigenvalue weighted by Gasteiger charge is -2.09. The third-order valence-corrected chi connectivity index (χ3v) is 3.68. The molecule has 5 heteroatoms. The number of imidazole rings is 1. The van der Waals surface area contributed by atoms with Crippen molar-refractivity contribution in [3.8, 4) is 0 Å². The first kappa shape index (κ1) is 12.1. The lowest BCUT2D eigenvalue weighted by atomic mass is 10.2. The molecule has 1 unspecified atom stereocenters. The summed E-state index contributed by atoms with van der Waals surface area (Å²) in [5.41, 5.74) is 1.05. The molecule has 0 saturated heterocycles. The van der Waals surface area contributed by atoms with Gasteiger partial charge in [0.2, 0.25) is 0 Å². The van der Waals surface area contributed by atoms with Crippen LogP contribution in [0.2, 0.25) is 0 Å². The standard InChI is InChI=1S/C12H16N4S/c1-9(13-2)11-5-4-10(8-15-11)17-12-14-6-7-16(12)3/h4-9,13H,1-3H3. The molecule has 2 heterocycles. The van der Waals surface area contributed by atoms with Crippen molar-refractivity contribution in [2.45, 2.75) is 23.0 Å². The van der Waals surface area contributed by atoms with Gasteiger partial charge < -0.3 is 9.88 Å². The average Bonchev–Trinajstić information content (AvgIpc) is 2.75. The summed E-state index contributed by atoms with van der Waals surface area (Å²) in [6.45, 7) is 2.09. The van der Waals surface area contributed by atoms with Gasteiger partial charge in [0.25, 0.3) is 0 Å². The molecule has 4 nitrogen and oxygen atoms in total. The van der Waals surface area contributed by atoms with Crippen molar-refractivity contribution < 1.29 is 0 Å². The molecule has 0 aliphatic heterocycles. The van der Waals surface area contributed by atoms with E-state index in [9.17, 15) is 0 Å². The van der Waals surface area contributed by atoms with Crippen molar-refractivity contribution >= 4 is 11.8 Å². The summed E-state index contributed by atoms with van der Waals surface area (Å²) in [4.78, 5) is 9.81. The van der Waals surface area contributed by atoms with Gasteiger partial charge in [-0.25, -0.2) is 4.98 Å². The van der Waals surface area contributed by atoms with Gasteiger partial charge in [-0.15, -0.1) is 0 Å². The Morgan fingerprint density at radius 1 is 1.35 bits per heavy atom. The molecule has 0 aliphatic rings. The van der Waals surface area contributed by atoms with Crippen molar-refractivity contribution in [3.63, 3.8) is 0 Å². The van der Waals surface area contributed by atoms with Gasteiger partial charge in [-0.3, -0.25) is 4.98 Å². The first-order valence-corrected chi connectivity index (χ1v) is 6.30. The minimum Gasteiger partial charge on any atom is -0.329 e. The number of nitrogens with zero attached hydrogens (tertiary/aromatic N) is 3. The summed E-state index contributed by atoms with van der Waals surface area (Å²) in [5.74, 6) is 0. The average molecular weight is 248 g/mol. The Kier molecular flexibility index (Phi) is 3.81. The van der Waals surface area contributed by atoms with Crippen LogP contribution < -0.4 is 5.32 Å². The minimum absolute atomic E-state index is 0.280. The van der Waals surface area contributed by atoms with Crippen LogP contribution in [-0.4, -0.2) is 21.6 Å². The second-order valence-electron chi connectivity index (χ2n) is 3.85. The molecule has 1 atom stereocenters. The maximum Gasteiger partial charge on any atom is 0.172 e. The van der Waals surface area contributed by atoms with Gasteiger partial charge in [-0.2, -0.15) is 0 Å². The Balaban J connectivity index is 2.11. The third-order valence-electron chi connectivity index (χ3n) is 2.62. The van der Waals surface area contributed by atoms with E-state index in [0.717, 1.165) is 15.7 Å². The van der Waals surface area contributed by atoms with Crippen molar-refractivity contribution in [1.29, 1.82) is 0 Å². The van der Waals surface area contributed by atoms with Crippen LogP contribution >= 0.6 is 11.8 Å². The van der Waals surface area contributed by atoms with Gasteiger partial charge in [-0.1, -0.05) is 11.8 Å². The highest BCUT2D eigenvalue weighted by Gasteiger charge is 2.06. The second-order valence-corrected chi connectivity index (χ2v) is 4.89. The number of aromatic nitrogens is 3. The Labute approximate surface area is 105 Å². The fourth-order valence-electron chi connectivity index (χ4n) is 1.41. The first-order valence-electron chi connectivity index (χ1n) is 5.49. The molecule has 2 aromatic heterocycles. The van der Waals surface area contributed by atoms with E-state index < -0.39 is 0 Å². The summed E-state index contributed by atoms with van der Waals surface area (Å²) in [6, 6.07) is 4.41. The van der Waals surface area contributed by atoms with Crippen LogP contribution in [0.25, 0.3) is 0 Å². The number of rotatable bonds is 4. The monoisotopic (exact) mass is 248 g/mol. The zero-order valence-corrected chi connectivity index (χ0v) is 11.0. The van der Waals surface area contributed by atoms with Crippen LogP contribution in [0.1, 0.15) is 18.7 Å². The quantitative estimate of drug-likeness (QED) is 0.901. The molecule has 0 saturated carbocycles. The number of nitrogens with one attached hydrogen (secondary N) is 1. The van der Waals surface area contributed by atoms with Gasteiger partial charge in [0.05, 0.1) is 5.69 Å². The smallest absolute Gasteiger partial charge is 0.172 e. The summed E-state index contributed by atoms with van der Waals surface area (Å²) in [5, 5.41) is 4.14. The molecule has 0 spiro atoms. The highest BCUT2D eigenvalue weighted by atomic mass is 32.2. The lowest BCUT2D eigenvalue weighted by Crippen LogP contribution is -2.13. The van der Waals surface area contributed by atoms with E-state index in [1.807, 2.05) is 37.1 Å². The van der Waals surface area contributed by atoms with E-state index in [0.29, 0.717) is 0 Å². The summed E-state index contributed by atoms with van der Waals surface area (Å²) < 4.78 is 1.99. The van der Waals surface area contributed by atoms with Crippen molar-refractivity contribution in [1.82, 2.24) is 19.9 Å². The summed E-state index contributed by atoms with van der Waals surface area (Å²) >= 11 is 1.62. The van der Waals surface area contributed by atoms with E-state index in [2.05, 4.69) is 28.3 Å². The van der Waals surface area contributed by atoms with E-state index in [1.54, 1.807) is 18.0 Å². The molecular weight excluding hydrogens is 232 g/mol. The van der Waals surface area contributed by atoms with Crippen LogP contribution in [0.15, 0.2) is 40.8 Å². The molecule has 0 aromatic carbocycles. The van der Waals surface area contributed by atoms with E-state index in [-0.39, 0.29) is 6.04 Å². The maximum absolute atomic E-state index is 4.44. The Hall–Kier alpha value is -1.33. The second kappa shape index (κ2) is 5.33. The summed E-state index contributed by atoms with van der Waals surface area (Å²) in [6.07, 6.45) is 5.63. The van der Waals surface area contributed by atoms with E-state index in [1.165, 1.54) is 0 Å².